The number of rotatable bonds is 7. The van der Waals surface area contributed by atoms with Gasteiger partial charge in [0, 0.05) is 58.8 Å². The molecule has 2 rings (SSSR count). The third kappa shape index (κ3) is 7.87. The molecule has 6 nitrogen and oxygen atoms in total. The summed E-state index contributed by atoms with van der Waals surface area (Å²) in [6.45, 7) is 7.06. The zero-order chi connectivity index (χ0) is 17.2. The molecule has 142 valence electrons. The van der Waals surface area contributed by atoms with Gasteiger partial charge in [-0.3, -0.25) is 9.98 Å². The number of likely N-dealkylation sites (tertiary alicyclic amines) is 1. The van der Waals surface area contributed by atoms with E-state index >= 15 is 0 Å². The van der Waals surface area contributed by atoms with E-state index in [1.807, 2.05) is 19.4 Å². The van der Waals surface area contributed by atoms with Crippen LogP contribution in [-0.4, -0.2) is 68.8 Å². The lowest BCUT2D eigenvalue weighted by molar-refractivity contribution is 0.128. The predicted molar refractivity (Wildman–Crippen MR) is 114 cm³/mol. The molecule has 2 heterocycles. The van der Waals surface area contributed by atoms with Gasteiger partial charge < -0.3 is 20.3 Å². The number of aromatic nitrogens is 1. The van der Waals surface area contributed by atoms with Gasteiger partial charge in [0.05, 0.1) is 6.61 Å². The van der Waals surface area contributed by atoms with Crippen LogP contribution in [0.2, 0.25) is 0 Å². The average Bonchev–Trinajstić information content (AvgIpc) is 2.61. The van der Waals surface area contributed by atoms with Crippen molar-refractivity contribution in [1.29, 1.82) is 0 Å². The summed E-state index contributed by atoms with van der Waals surface area (Å²) < 4.78 is 5.15. The molecule has 1 aliphatic heterocycles. The van der Waals surface area contributed by atoms with E-state index in [-0.39, 0.29) is 24.0 Å². The van der Waals surface area contributed by atoms with Gasteiger partial charge >= 0.3 is 0 Å². The maximum atomic E-state index is 5.15. The van der Waals surface area contributed by atoms with Crippen LogP contribution in [0.15, 0.2) is 23.5 Å². The quantitative estimate of drug-likeness (QED) is 0.369. The smallest absolute Gasteiger partial charge is 0.191 e. The molecule has 1 aromatic rings. The van der Waals surface area contributed by atoms with Crippen LogP contribution >= 0.6 is 24.0 Å². The second kappa shape index (κ2) is 12.4. The van der Waals surface area contributed by atoms with Crippen molar-refractivity contribution in [3.05, 3.63) is 29.6 Å². The molecular weight excluding hydrogens is 429 g/mol. The first-order valence-corrected chi connectivity index (χ1v) is 8.81. The topological polar surface area (TPSA) is 61.8 Å². The SMILES string of the molecule is CN=C(NCCc1ccncc1C)NC1CCN(CCOC)CC1.I. The third-order valence-corrected chi connectivity index (χ3v) is 4.59. The Hall–Kier alpha value is -0.930. The lowest BCUT2D eigenvalue weighted by Crippen LogP contribution is -2.49. The van der Waals surface area contributed by atoms with Crippen molar-refractivity contribution in [2.24, 2.45) is 4.99 Å². The molecule has 1 aromatic heterocycles. The fraction of sp³-hybridized carbons (Fsp3) is 0.667. The van der Waals surface area contributed by atoms with Gasteiger partial charge in [0.15, 0.2) is 5.96 Å². The number of guanidine groups is 1. The molecule has 1 fully saturated rings. The van der Waals surface area contributed by atoms with Crippen LogP contribution in [-0.2, 0) is 11.2 Å². The zero-order valence-electron chi connectivity index (χ0n) is 15.6. The Morgan fingerprint density at radius 2 is 2.16 bits per heavy atom. The highest BCUT2D eigenvalue weighted by Gasteiger charge is 2.19. The summed E-state index contributed by atoms with van der Waals surface area (Å²) in [5.74, 6) is 0.900. The van der Waals surface area contributed by atoms with E-state index in [1.165, 1.54) is 11.1 Å². The molecule has 2 N–H and O–H groups in total. The Labute approximate surface area is 168 Å². The molecule has 7 heteroatoms. The highest BCUT2D eigenvalue weighted by molar-refractivity contribution is 14.0. The summed E-state index contributed by atoms with van der Waals surface area (Å²) in [7, 11) is 3.60. The summed E-state index contributed by atoms with van der Waals surface area (Å²) >= 11 is 0. The van der Waals surface area contributed by atoms with Gasteiger partial charge in [0.1, 0.15) is 0 Å². The standard InChI is InChI=1S/C18H31N5O.HI/c1-15-14-20-8-4-16(15)5-9-21-18(19-2)22-17-6-10-23(11-7-17)12-13-24-3;/h4,8,14,17H,5-7,9-13H2,1-3H3,(H2,19,21,22);1H. The van der Waals surface area contributed by atoms with Crippen molar-refractivity contribution >= 4 is 29.9 Å². The summed E-state index contributed by atoms with van der Waals surface area (Å²) in [6, 6.07) is 2.58. The van der Waals surface area contributed by atoms with Crippen LogP contribution < -0.4 is 10.6 Å². The van der Waals surface area contributed by atoms with Gasteiger partial charge in [0.25, 0.3) is 0 Å². The summed E-state index contributed by atoms with van der Waals surface area (Å²) in [4.78, 5) is 11.0. The minimum atomic E-state index is 0. The van der Waals surface area contributed by atoms with Crippen molar-refractivity contribution in [2.75, 3.05) is 46.9 Å². The monoisotopic (exact) mass is 461 g/mol. The first kappa shape index (κ1) is 22.1. The number of pyridine rings is 1. The van der Waals surface area contributed by atoms with Gasteiger partial charge in [-0.25, -0.2) is 0 Å². The van der Waals surface area contributed by atoms with E-state index < -0.39 is 0 Å². The summed E-state index contributed by atoms with van der Waals surface area (Å²) in [5, 5.41) is 6.97. The number of methoxy groups -OCH3 is 1. The number of nitrogens with one attached hydrogen (secondary N) is 2. The molecule has 0 aromatic carbocycles. The van der Waals surface area contributed by atoms with E-state index in [9.17, 15) is 0 Å². The second-order valence-electron chi connectivity index (χ2n) is 6.30. The van der Waals surface area contributed by atoms with E-state index in [0.717, 1.165) is 58.0 Å². The third-order valence-electron chi connectivity index (χ3n) is 4.59. The predicted octanol–water partition coefficient (Wildman–Crippen LogP) is 1.83. The Balaban J connectivity index is 0.00000312. The molecule has 0 spiro atoms. The molecule has 0 amide bonds. The van der Waals surface area contributed by atoms with Crippen LogP contribution in [0.25, 0.3) is 0 Å². The van der Waals surface area contributed by atoms with Crippen LogP contribution in [0, 0.1) is 6.92 Å². The molecule has 0 atom stereocenters. The van der Waals surface area contributed by atoms with Gasteiger partial charge in [-0.05, 0) is 43.4 Å². The number of halogens is 1. The minimum Gasteiger partial charge on any atom is -0.383 e. The molecule has 1 aliphatic rings. The van der Waals surface area contributed by atoms with Crippen LogP contribution in [0.1, 0.15) is 24.0 Å². The Morgan fingerprint density at radius 3 is 2.80 bits per heavy atom. The lowest BCUT2D eigenvalue weighted by Gasteiger charge is -2.32. The molecule has 1 saturated heterocycles. The molecule has 0 saturated carbocycles. The largest absolute Gasteiger partial charge is 0.383 e. The van der Waals surface area contributed by atoms with Gasteiger partial charge in [-0.2, -0.15) is 0 Å². The van der Waals surface area contributed by atoms with Gasteiger partial charge in [-0.15, -0.1) is 24.0 Å². The highest BCUT2D eigenvalue weighted by Crippen LogP contribution is 2.10. The molecule has 0 radical (unpaired) electrons. The van der Waals surface area contributed by atoms with Crippen molar-refractivity contribution in [2.45, 2.75) is 32.2 Å². The average molecular weight is 461 g/mol. The summed E-state index contributed by atoms with van der Waals surface area (Å²) in [5.41, 5.74) is 2.57. The minimum absolute atomic E-state index is 0. The number of ether oxygens (including phenoxy) is 1. The van der Waals surface area contributed by atoms with Crippen molar-refractivity contribution < 1.29 is 4.74 Å². The molecule has 25 heavy (non-hydrogen) atoms. The maximum absolute atomic E-state index is 5.15. The first-order valence-electron chi connectivity index (χ1n) is 8.81. The number of hydrogen-bond acceptors (Lipinski definition) is 4. The first-order chi connectivity index (χ1) is 11.7. The van der Waals surface area contributed by atoms with E-state index in [0.29, 0.717) is 6.04 Å². The highest BCUT2D eigenvalue weighted by atomic mass is 127. The van der Waals surface area contributed by atoms with E-state index in [2.05, 4.69) is 38.5 Å². The number of piperidine rings is 1. The Kier molecular flexibility index (Phi) is 11.0. The van der Waals surface area contributed by atoms with E-state index in [1.54, 1.807) is 7.11 Å². The number of nitrogens with zero attached hydrogens (tertiary/aromatic N) is 3. The van der Waals surface area contributed by atoms with Crippen molar-refractivity contribution in [3.8, 4) is 0 Å². The van der Waals surface area contributed by atoms with Crippen molar-refractivity contribution in [1.82, 2.24) is 20.5 Å². The van der Waals surface area contributed by atoms with Crippen LogP contribution in [0.3, 0.4) is 0 Å². The molecule has 0 aliphatic carbocycles. The number of aliphatic imine (C=N–C) groups is 1. The van der Waals surface area contributed by atoms with E-state index in [4.69, 9.17) is 4.74 Å². The van der Waals surface area contributed by atoms with Gasteiger partial charge in [-0.1, -0.05) is 0 Å². The molecule has 0 unspecified atom stereocenters. The van der Waals surface area contributed by atoms with Crippen LogP contribution in [0.4, 0.5) is 0 Å². The fourth-order valence-corrected chi connectivity index (χ4v) is 3.01. The lowest BCUT2D eigenvalue weighted by atomic mass is 10.1. The van der Waals surface area contributed by atoms with Gasteiger partial charge in [0.2, 0.25) is 0 Å². The zero-order valence-corrected chi connectivity index (χ0v) is 18.0. The van der Waals surface area contributed by atoms with Crippen molar-refractivity contribution in [3.63, 3.8) is 0 Å². The number of aryl methyl sites for hydroxylation is 1. The molecular formula is C18H32IN5O. The molecule has 0 bridgehead atoms. The fourth-order valence-electron chi connectivity index (χ4n) is 3.01. The van der Waals surface area contributed by atoms with Crippen LogP contribution in [0.5, 0.6) is 0 Å². The normalized spacial score (nSPS) is 16.4. The second-order valence-corrected chi connectivity index (χ2v) is 6.30. The Morgan fingerprint density at radius 1 is 1.40 bits per heavy atom. The number of hydrogen-bond donors (Lipinski definition) is 2. The Bertz CT molecular complexity index is 518. The summed E-state index contributed by atoms with van der Waals surface area (Å²) in [6.07, 6.45) is 7.04. The maximum Gasteiger partial charge on any atom is 0.191 e.